The van der Waals surface area contributed by atoms with E-state index in [-0.39, 0.29) is 6.61 Å². The third-order valence-corrected chi connectivity index (χ3v) is 2.01. The van der Waals surface area contributed by atoms with Crippen molar-refractivity contribution < 1.29 is 9.84 Å². The maximum atomic E-state index is 8.88. The minimum absolute atomic E-state index is 0.0586. The Morgan fingerprint density at radius 1 is 1.47 bits per heavy atom. The fourth-order valence-electron chi connectivity index (χ4n) is 1.24. The van der Waals surface area contributed by atoms with Crippen LogP contribution in [0.1, 0.15) is 5.69 Å². The number of hydrogen-bond donors (Lipinski definition) is 2. The molecule has 0 aliphatic heterocycles. The molecule has 5 nitrogen and oxygen atoms in total. The third kappa shape index (κ3) is 1.97. The molecule has 0 fully saturated rings. The summed E-state index contributed by atoms with van der Waals surface area (Å²) in [5.41, 5.74) is 1.35. The Hall–Kier alpha value is -1.88. The predicted octanol–water partition coefficient (Wildman–Crippen LogP) is 0.973. The molecule has 15 heavy (non-hydrogen) atoms. The summed E-state index contributed by atoms with van der Waals surface area (Å²) in [6, 6.07) is 3.54. The topological polar surface area (TPSA) is 71.0 Å². The van der Waals surface area contributed by atoms with Crippen molar-refractivity contribution in [1.82, 2.24) is 15.0 Å². The first-order valence-electron chi connectivity index (χ1n) is 4.48. The predicted molar refractivity (Wildman–Crippen MR) is 54.3 cm³/mol. The van der Waals surface area contributed by atoms with Crippen molar-refractivity contribution >= 4 is 0 Å². The van der Waals surface area contributed by atoms with Gasteiger partial charge in [0, 0.05) is 12.3 Å². The monoisotopic (exact) mass is 205 g/mol. The number of hydrogen-bond acceptors (Lipinski definition) is 4. The van der Waals surface area contributed by atoms with Gasteiger partial charge in [-0.25, -0.2) is 4.98 Å². The first-order valence-corrected chi connectivity index (χ1v) is 4.48. The molecule has 0 bridgehead atoms. The Bertz CT molecular complexity index is 453. The summed E-state index contributed by atoms with van der Waals surface area (Å²) in [5, 5.41) is 8.88. The lowest BCUT2D eigenvalue weighted by Gasteiger charge is -2.00. The van der Waals surface area contributed by atoms with Crippen molar-refractivity contribution in [2.75, 3.05) is 7.11 Å². The molecule has 2 aromatic heterocycles. The largest absolute Gasteiger partial charge is 0.497 e. The van der Waals surface area contributed by atoms with Crippen LogP contribution in [0.15, 0.2) is 24.5 Å². The zero-order valence-electron chi connectivity index (χ0n) is 8.27. The molecule has 2 heterocycles. The van der Waals surface area contributed by atoms with Crippen molar-refractivity contribution in [2.45, 2.75) is 6.61 Å². The summed E-state index contributed by atoms with van der Waals surface area (Å²) in [4.78, 5) is 11.2. The highest BCUT2D eigenvalue weighted by Crippen LogP contribution is 2.18. The number of pyridine rings is 1. The second-order valence-corrected chi connectivity index (χ2v) is 3.00. The number of imidazole rings is 1. The van der Waals surface area contributed by atoms with Crippen LogP contribution in [-0.4, -0.2) is 27.2 Å². The van der Waals surface area contributed by atoms with Gasteiger partial charge in [0.1, 0.15) is 11.4 Å². The molecule has 0 radical (unpaired) electrons. The van der Waals surface area contributed by atoms with E-state index in [2.05, 4.69) is 15.0 Å². The van der Waals surface area contributed by atoms with Crippen LogP contribution in [0, 0.1) is 0 Å². The Labute approximate surface area is 86.8 Å². The Morgan fingerprint density at radius 3 is 3.00 bits per heavy atom. The zero-order chi connectivity index (χ0) is 10.7. The minimum atomic E-state index is -0.0586. The Balaban J connectivity index is 2.35. The van der Waals surface area contributed by atoms with Gasteiger partial charge in [0.25, 0.3) is 0 Å². The molecular formula is C10H11N3O2. The number of aliphatic hydroxyl groups excluding tert-OH is 1. The molecule has 0 aromatic carbocycles. The molecule has 0 aliphatic carbocycles. The Kier molecular flexibility index (Phi) is 2.64. The molecule has 5 heteroatoms. The molecule has 0 unspecified atom stereocenters. The van der Waals surface area contributed by atoms with E-state index in [4.69, 9.17) is 9.84 Å². The fourth-order valence-corrected chi connectivity index (χ4v) is 1.24. The normalized spacial score (nSPS) is 10.3. The average Bonchev–Trinajstić information content (AvgIpc) is 2.78. The van der Waals surface area contributed by atoms with Crippen LogP contribution in [-0.2, 0) is 6.61 Å². The molecule has 0 amide bonds. The first-order chi connectivity index (χ1) is 7.33. The second-order valence-electron chi connectivity index (χ2n) is 3.00. The molecule has 2 aromatic rings. The van der Waals surface area contributed by atoms with Crippen molar-refractivity contribution in [3.8, 4) is 17.3 Å². The highest BCUT2D eigenvalue weighted by atomic mass is 16.5. The summed E-state index contributed by atoms with van der Waals surface area (Å²) < 4.78 is 5.08. The summed E-state index contributed by atoms with van der Waals surface area (Å²) in [6.07, 6.45) is 3.23. The van der Waals surface area contributed by atoms with Crippen molar-refractivity contribution in [3.63, 3.8) is 0 Å². The molecule has 2 N–H and O–H groups in total. The van der Waals surface area contributed by atoms with E-state index in [0.717, 1.165) is 5.75 Å². The van der Waals surface area contributed by atoms with Crippen LogP contribution in [0.2, 0.25) is 0 Å². The molecule has 0 saturated carbocycles. The van der Waals surface area contributed by atoms with Crippen LogP contribution in [0.4, 0.5) is 0 Å². The van der Waals surface area contributed by atoms with Gasteiger partial charge in [-0.1, -0.05) is 0 Å². The number of nitrogens with zero attached hydrogens (tertiary/aromatic N) is 2. The SMILES string of the molecule is COc1ccnc(-c2ncc(CO)[nH]2)c1. The van der Waals surface area contributed by atoms with Crippen LogP contribution >= 0.6 is 0 Å². The summed E-state index contributed by atoms with van der Waals surface area (Å²) in [5.74, 6) is 1.35. The summed E-state index contributed by atoms with van der Waals surface area (Å²) in [7, 11) is 1.60. The first kappa shape index (κ1) is 9.67. The molecule has 0 saturated heterocycles. The lowest BCUT2D eigenvalue weighted by atomic mass is 10.3. The highest BCUT2D eigenvalue weighted by molar-refractivity contribution is 5.51. The maximum Gasteiger partial charge on any atom is 0.156 e. The molecule has 0 spiro atoms. The van der Waals surface area contributed by atoms with Gasteiger partial charge in [0.2, 0.25) is 0 Å². The van der Waals surface area contributed by atoms with Gasteiger partial charge in [-0.05, 0) is 6.07 Å². The van der Waals surface area contributed by atoms with E-state index in [0.29, 0.717) is 17.2 Å². The number of aromatic nitrogens is 3. The fraction of sp³-hybridized carbons (Fsp3) is 0.200. The number of aliphatic hydroxyl groups is 1. The molecule has 0 atom stereocenters. The number of H-pyrrole nitrogens is 1. The quantitative estimate of drug-likeness (QED) is 0.783. The average molecular weight is 205 g/mol. The summed E-state index contributed by atoms with van der Waals surface area (Å²) in [6.45, 7) is -0.0586. The van der Waals surface area contributed by atoms with Gasteiger partial charge < -0.3 is 14.8 Å². The van der Waals surface area contributed by atoms with Gasteiger partial charge in [0.15, 0.2) is 5.82 Å². The van der Waals surface area contributed by atoms with Gasteiger partial charge >= 0.3 is 0 Å². The molecule has 2 rings (SSSR count). The van der Waals surface area contributed by atoms with Crippen molar-refractivity contribution in [3.05, 3.63) is 30.2 Å². The molecule has 0 aliphatic rings. The second kappa shape index (κ2) is 4.10. The van der Waals surface area contributed by atoms with Gasteiger partial charge in [0.05, 0.1) is 25.6 Å². The summed E-state index contributed by atoms with van der Waals surface area (Å²) >= 11 is 0. The Morgan fingerprint density at radius 2 is 2.33 bits per heavy atom. The van der Waals surface area contributed by atoms with E-state index in [1.165, 1.54) is 0 Å². The lowest BCUT2D eigenvalue weighted by Crippen LogP contribution is -1.89. The van der Waals surface area contributed by atoms with E-state index in [1.807, 2.05) is 0 Å². The van der Waals surface area contributed by atoms with E-state index < -0.39 is 0 Å². The minimum Gasteiger partial charge on any atom is -0.497 e. The van der Waals surface area contributed by atoms with Crippen LogP contribution in [0.25, 0.3) is 11.5 Å². The highest BCUT2D eigenvalue weighted by Gasteiger charge is 2.05. The third-order valence-electron chi connectivity index (χ3n) is 2.01. The number of ether oxygens (including phenoxy) is 1. The molecular weight excluding hydrogens is 194 g/mol. The zero-order valence-corrected chi connectivity index (χ0v) is 8.27. The number of nitrogens with one attached hydrogen (secondary N) is 1. The number of rotatable bonds is 3. The van der Waals surface area contributed by atoms with Crippen LogP contribution in [0.5, 0.6) is 5.75 Å². The van der Waals surface area contributed by atoms with E-state index in [9.17, 15) is 0 Å². The number of aromatic amines is 1. The van der Waals surface area contributed by atoms with Crippen molar-refractivity contribution in [1.29, 1.82) is 0 Å². The van der Waals surface area contributed by atoms with Crippen LogP contribution in [0.3, 0.4) is 0 Å². The van der Waals surface area contributed by atoms with Gasteiger partial charge in [-0.2, -0.15) is 0 Å². The molecule has 78 valence electrons. The standard InChI is InChI=1S/C10H11N3O2/c1-15-8-2-3-11-9(4-8)10-12-5-7(6-14)13-10/h2-5,14H,6H2,1H3,(H,12,13). The van der Waals surface area contributed by atoms with Gasteiger partial charge in [-0.15, -0.1) is 0 Å². The lowest BCUT2D eigenvalue weighted by molar-refractivity contribution is 0.277. The van der Waals surface area contributed by atoms with Gasteiger partial charge in [-0.3, -0.25) is 4.98 Å². The van der Waals surface area contributed by atoms with Crippen molar-refractivity contribution in [2.24, 2.45) is 0 Å². The smallest absolute Gasteiger partial charge is 0.156 e. The van der Waals surface area contributed by atoms with E-state index >= 15 is 0 Å². The van der Waals surface area contributed by atoms with Crippen LogP contribution < -0.4 is 4.74 Å². The number of methoxy groups -OCH3 is 1. The van der Waals surface area contributed by atoms with E-state index in [1.54, 1.807) is 31.6 Å². The maximum absolute atomic E-state index is 8.88.